The van der Waals surface area contributed by atoms with Crippen LogP contribution in [0.4, 0.5) is 5.69 Å². The number of carboxylic acids is 1. The molecule has 0 fully saturated rings. The molecule has 0 saturated carbocycles. The lowest BCUT2D eigenvalue weighted by Gasteiger charge is -2.11. The summed E-state index contributed by atoms with van der Waals surface area (Å²) in [6.45, 7) is 1.57. The third-order valence-corrected chi connectivity index (χ3v) is 6.95. The standard InChI is InChI=1S/C16H16N2O5S3/c1-10(16(20)21)24-25-14-5-3-2-4-13(14)15(19)18-11-6-8-12(9-7-11)26(17,22)23/h2-10H,1H3,(H,18,19)(H,20,21)(H2,17,22,23)/t10-/m1/s1. The van der Waals surface area contributed by atoms with Crippen molar-refractivity contribution in [3.63, 3.8) is 0 Å². The number of hydrogen-bond donors (Lipinski definition) is 3. The number of sulfonamides is 1. The molecule has 0 saturated heterocycles. The molecule has 0 aliphatic heterocycles. The number of aliphatic carboxylic acids is 1. The number of amides is 1. The fourth-order valence-corrected chi connectivity index (χ4v) is 4.48. The average molecular weight is 413 g/mol. The van der Waals surface area contributed by atoms with Crippen molar-refractivity contribution in [1.29, 1.82) is 0 Å². The van der Waals surface area contributed by atoms with E-state index >= 15 is 0 Å². The van der Waals surface area contributed by atoms with E-state index in [2.05, 4.69) is 5.32 Å². The Morgan fingerprint density at radius 2 is 1.73 bits per heavy atom. The SMILES string of the molecule is C[C@@H](SSc1ccccc1C(=O)Nc1ccc(S(N)(=O)=O)cc1)C(=O)O. The normalized spacial score (nSPS) is 12.4. The van der Waals surface area contributed by atoms with E-state index in [1.807, 2.05) is 0 Å². The molecule has 0 spiro atoms. The zero-order valence-corrected chi connectivity index (χ0v) is 16.0. The van der Waals surface area contributed by atoms with E-state index in [1.165, 1.54) is 35.1 Å². The van der Waals surface area contributed by atoms with Crippen LogP contribution >= 0.6 is 21.6 Å². The fourth-order valence-electron chi connectivity index (χ4n) is 1.82. The highest BCUT2D eigenvalue weighted by Gasteiger charge is 2.16. The van der Waals surface area contributed by atoms with Gasteiger partial charge in [-0.1, -0.05) is 33.7 Å². The van der Waals surface area contributed by atoms with E-state index in [9.17, 15) is 18.0 Å². The third-order valence-electron chi connectivity index (χ3n) is 3.20. The summed E-state index contributed by atoms with van der Waals surface area (Å²) in [5.41, 5.74) is 0.798. The van der Waals surface area contributed by atoms with Crippen LogP contribution in [0.25, 0.3) is 0 Å². The van der Waals surface area contributed by atoms with Gasteiger partial charge in [0.25, 0.3) is 5.91 Å². The summed E-state index contributed by atoms with van der Waals surface area (Å²) in [7, 11) is -1.45. The molecule has 0 bridgehead atoms. The lowest BCUT2D eigenvalue weighted by atomic mass is 10.2. The fraction of sp³-hybridized carbons (Fsp3) is 0.125. The lowest BCUT2D eigenvalue weighted by Crippen LogP contribution is -2.14. The highest BCUT2D eigenvalue weighted by molar-refractivity contribution is 8.77. The smallest absolute Gasteiger partial charge is 0.317 e. The molecule has 1 atom stereocenters. The minimum Gasteiger partial charge on any atom is -0.480 e. The predicted octanol–water partition coefficient (Wildman–Crippen LogP) is 2.80. The maximum atomic E-state index is 12.5. The molecule has 138 valence electrons. The van der Waals surface area contributed by atoms with Gasteiger partial charge in [0.05, 0.1) is 10.5 Å². The van der Waals surface area contributed by atoms with E-state index in [-0.39, 0.29) is 10.8 Å². The van der Waals surface area contributed by atoms with E-state index in [4.69, 9.17) is 10.2 Å². The second-order valence-corrected chi connectivity index (χ2v) is 9.32. The Balaban J connectivity index is 2.13. The molecule has 26 heavy (non-hydrogen) atoms. The average Bonchev–Trinajstić information content (AvgIpc) is 2.59. The second kappa shape index (κ2) is 8.58. The van der Waals surface area contributed by atoms with Crippen molar-refractivity contribution in [3.8, 4) is 0 Å². The Labute approximate surface area is 158 Å². The first kappa shape index (κ1) is 20.3. The molecule has 10 heteroatoms. The van der Waals surface area contributed by atoms with Gasteiger partial charge in [-0.15, -0.1) is 0 Å². The monoisotopic (exact) mass is 412 g/mol. The Morgan fingerprint density at radius 1 is 1.12 bits per heavy atom. The molecule has 2 aromatic carbocycles. The minimum absolute atomic E-state index is 0.0505. The van der Waals surface area contributed by atoms with Crippen molar-refractivity contribution in [2.45, 2.75) is 22.0 Å². The topological polar surface area (TPSA) is 127 Å². The Kier molecular flexibility index (Phi) is 6.70. The largest absolute Gasteiger partial charge is 0.480 e. The van der Waals surface area contributed by atoms with Gasteiger partial charge >= 0.3 is 5.97 Å². The molecule has 4 N–H and O–H groups in total. The van der Waals surface area contributed by atoms with E-state index in [1.54, 1.807) is 31.2 Å². The Bertz CT molecular complexity index is 914. The first-order valence-electron chi connectivity index (χ1n) is 7.28. The van der Waals surface area contributed by atoms with Crippen molar-refractivity contribution in [2.24, 2.45) is 5.14 Å². The summed E-state index contributed by atoms with van der Waals surface area (Å²) in [5, 5.41) is 16.0. The number of hydrogen-bond acceptors (Lipinski definition) is 6. The van der Waals surface area contributed by atoms with Crippen molar-refractivity contribution in [3.05, 3.63) is 54.1 Å². The van der Waals surface area contributed by atoms with Crippen molar-refractivity contribution in [1.82, 2.24) is 0 Å². The highest BCUT2D eigenvalue weighted by Crippen LogP contribution is 2.36. The van der Waals surface area contributed by atoms with E-state index < -0.39 is 21.2 Å². The summed E-state index contributed by atoms with van der Waals surface area (Å²) in [6.07, 6.45) is 0. The van der Waals surface area contributed by atoms with Gasteiger partial charge in [0, 0.05) is 10.6 Å². The highest BCUT2D eigenvalue weighted by atomic mass is 33.1. The molecule has 0 heterocycles. The molecule has 7 nitrogen and oxygen atoms in total. The number of nitrogens with two attached hydrogens (primary N) is 1. The summed E-state index contributed by atoms with van der Waals surface area (Å²) >= 11 is 0. The number of anilines is 1. The van der Waals surface area contributed by atoms with Gasteiger partial charge in [-0.05, 0) is 43.3 Å². The Hall–Kier alpha value is -2.01. The molecule has 0 radical (unpaired) electrons. The van der Waals surface area contributed by atoms with Crippen LogP contribution in [0.2, 0.25) is 0 Å². The van der Waals surface area contributed by atoms with Gasteiger partial charge < -0.3 is 10.4 Å². The molecular formula is C16H16N2O5S3. The molecule has 0 aromatic heterocycles. The number of rotatable bonds is 7. The van der Waals surface area contributed by atoms with E-state index in [0.29, 0.717) is 16.1 Å². The van der Waals surface area contributed by atoms with Crippen molar-refractivity contribution < 1.29 is 23.1 Å². The lowest BCUT2D eigenvalue weighted by molar-refractivity contribution is -0.136. The molecule has 0 aliphatic carbocycles. The third kappa shape index (κ3) is 5.49. The van der Waals surface area contributed by atoms with Gasteiger partial charge in [0.1, 0.15) is 5.25 Å². The number of carbonyl (C=O) groups is 2. The van der Waals surface area contributed by atoms with Crippen LogP contribution < -0.4 is 10.5 Å². The second-order valence-electron chi connectivity index (χ2n) is 5.18. The van der Waals surface area contributed by atoms with Crippen LogP contribution in [0.5, 0.6) is 0 Å². The predicted molar refractivity (Wildman–Crippen MR) is 103 cm³/mol. The van der Waals surface area contributed by atoms with Gasteiger partial charge in [0.15, 0.2) is 0 Å². The van der Waals surface area contributed by atoms with E-state index in [0.717, 1.165) is 10.8 Å². The Morgan fingerprint density at radius 3 is 2.31 bits per heavy atom. The zero-order valence-electron chi connectivity index (χ0n) is 13.6. The number of carboxylic acid groups (broad SMARTS) is 1. The van der Waals surface area contributed by atoms with Crippen molar-refractivity contribution >= 4 is 49.2 Å². The number of primary sulfonamides is 1. The first-order chi connectivity index (χ1) is 12.2. The minimum atomic E-state index is -3.80. The molecule has 1 amide bonds. The van der Waals surface area contributed by atoms with Crippen LogP contribution in [-0.2, 0) is 14.8 Å². The zero-order chi connectivity index (χ0) is 19.3. The molecule has 0 aliphatic rings. The summed E-state index contributed by atoms with van der Waals surface area (Å²) < 4.78 is 22.5. The summed E-state index contributed by atoms with van der Waals surface area (Å²) in [5.74, 6) is -1.32. The summed E-state index contributed by atoms with van der Waals surface area (Å²) in [4.78, 5) is 24.0. The van der Waals surface area contributed by atoms with Crippen LogP contribution in [-0.4, -0.2) is 30.7 Å². The number of nitrogens with one attached hydrogen (secondary N) is 1. The molecule has 2 rings (SSSR count). The maximum Gasteiger partial charge on any atom is 0.317 e. The number of benzene rings is 2. The van der Waals surface area contributed by atoms with Crippen LogP contribution in [0.15, 0.2) is 58.3 Å². The molecule has 0 unspecified atom stereocenters. The first-order valence-corrected chi connectivity index (χ1v) is 11.0. The van der Waals surface area contributed by atoms with Crippen LogP contribution in [0.1, 0.15) is 17.3 Å². The van der Waals surface area contributed by atoms with Crippen molar-refractivity contribution in [2.75, 3.05) is 5.32 Å². The van der Waals surface area contributed by atoms with Gasteiger partial charge in [0.2, 0.25) is 10.0 Å². The van der Waals surface area contributed by atoms with Gasteiger partial charge in [-0.25, -0.2) is 13.6 Å². The molecule has 2 aromatic rings. The quantitative estimate of drug-likeness (QED) is 0.597. The summed E-state index contributed by atoms with van der Waals surface area (Å²) in [6, 6.07) is 12.3. The van der Waals surface area contributed by atoms with Crippen LogP contribution in [0, 0.1) is 0 Å². The molecular weight excluding hydrogens is 396 g/mol. The van der Waals surface area contributed by atoms with Gasteiger partial charge in [-0.3, -0.25) is 9.59 Å². The van der Waals surface area contributed by atoms with Gasteiger partial charge in [-0.2, -0.15) is 0 Å². The number of carbonyl (C=O) groups excluding carboxylic acids is 1. The van der Waals surface area contributed by atoms with Crippen LogP contribution in [0.3, 0.4) is 0 Å². The maximum absolute atomic E-state index is 12.5.